The van der Waals surface area contributed by atoms with E-state index < -0.39 is 5.91 Å². The molecule has 1 aromatic carbocycles. The van der Waals surface area contributed by atoms with E-state index in [4.69, 9.17) is 10.5 Å². The first-order valence-electron chi connectivity index (χ1n) is 8.94. The highest BCUT2D eigenvalue weighted by atomic mass is 16.5. The van der Waals surface area contributed by atoms with E-state index in [9.17, 15) is 9.59 Å². The third-order valence-corrected chi connectivity index (χ3v) is 4.96. The van der Waals surface area contributed by atoms with Crippen LogP contribution in [0.5, 0.6) is 0 Å². The molecule has 143 valence electrons. The number of nitrogens with two attached hydrogens (primary N) is 1. The molecule has 2 aromatic heterocycles. The van der Waals surface area contributed by atoms with E-state index in [0.29, 0.717) is 31.0 Å². The molecule has 0 atom stereocenters. The van der Waals surface area contributed by atoms with E-state index in [1.54, 1.807) is 24.3 Å². The Morgan fingerprint density at radius 2 is 1.93 bits per heavy atom. The number of benzene rings is 1. The Morgan fingerprint density at radius 1 is 1.18 bits per heavy atom. The number of fused-ring (bicyclic) bond motifs is 1. The lowest BCUT2D eigenvalue weighted by atomic mass is 10.00. The van der Waals surface area contributed by atoms with Crippen molar-refractivity contribution in [2.24, 2.45) is 5.73 Å². The normalized spacial score (nSPS) is 16.3. The van der Waals surface area contributed by atoms with Crippen LogP contribution in [-0.4, -0.2) is 56.6 Å². The van der Waals surface area contributed by atoms with Crippen molar-refractivity contribution in [2.45, 2.75) is 19.4 Å². The zero-order valence-electron chi connectivity index (χ0n) is 15.7. The molecule has 1 fully saturated rings. The molecule has 2 N–H and O–H groups in total. The predicted molar refractivity (Wildman–Crippen MR) is 102 cm³/mol. The Kier molecular flexibility index (Phi) is 4.35. The van der Waals surface area contributed by atoms with Gasteiger partial charge >= 0.3 is 0 Å². The van der Waals surface area contributed by atoms with E-state index in [1.807, 2.05) is 30.9 Å². The summed E-state index contributed by atoms with van der Waals surface area (Å²) < 4.78 is 7.01. The lowest BCUT2D eigenvalue weighted by Crippen LogP contribution is -2.55. The van der Waals surface area contributed by atoms with Crippen LogP contribution in [0.25, 0.3) is 16.9 Å². The molecule has 0 bridgehead atoms. The minimum absolute atomic E-state index is 0.0248. The molecule has 1 saturated heterocycles. The third-order valence-electron chi connectivity index (χ3n) is 4.96. The lowest BCUT2D eigenvalue weighted by Gasteiger charge is -2.42. The SMILES string of the molecule is CC1(C)COCCN1C(=O)c1ccc(-c2ccc(C(N)=O)c3n[c]nn23)cc1. The van der Waals surface area contributed by atoms with Crippen molar-refractivity contribution in [1.29, 1.82) is 0 Å². The summed E-state index contributed by atoms with van der Waals surface area (Å²) in [5, 5.41) is 4.07. The van der Waals surface area contributed by atoms with Crippen LogP contribution in [0.2, 0.25) is 0 Å². The number of hydrogen-bond donors (Lipinski definition) is 1. The first kappa shape index (κ1) is 18.1. The number of nitrogens with zero attached hydrogens (tertiary/aromatic N) is 4. The van der Waals surface area contributed by atoms with Crippen molar-refractivity contribution in [2.75, 3.05) is 19.8 Å². The predicted octanol–water partition coefficient (Wildman–Crippen LogP) is 1.55. The van der Waals surface area contributed by atoms with Crippen LogP contribution in [0.3, 0.4) is 0 Å². The van der Waals surface area contributed by atoms with E-state index in [1.165, 1.54) is 4.52 Å². The van der Waals surface area contributed by atoms with Gasteiger partial charge in [-0.05, 0) is 38.1 Å². The molecule has 2 amide bonds. The van der Waals surface area contributed by atoms with Gasteiger partial charge in [0.1, 0.15) is 0 Å². The zero-order chi connectivity index (χ0) is 19.9. The summed E-state index contributed by atoms with van der Waals surface area (Å²) in [5.74, 6) is -0.602. The highest BCUT2D eigenvalue weighted by Crippen LogP contribution is 2.25. The van der Waals surface area contributed by atoms with E-state index >= 15 is 0 Å². The van der Waals surface area contributed by atoms with Crippen LogP contribution in [0, 0.1) is 6.33 Å². The van der Waals surface area contributed by atoms with Crippen molar-refractivity contribution in [3.63, 3.8) is 0 Å². The monoisotopic (exact) mass is 378 g/mol. The smallest absolute Gasteiger partial charge is 0.254 e. The van der Waals surface area contributed by atoms with Crippen molar-refractivity contribution in [1.82, 2.24) is 19.5 Å². The maximum absolute atomic E-state index is 12.9. The average molecular weight is 378 g/mol. The average Bonchev–Trinajstić information content (AvgIpc) is 3.16. The maximum Gasteiger partial charge on any atom is 0.254 e. The molecule has 1 radical (unpaired) electrons. The number of aromatic nitrogens is 3. The van der Waals surface area contributed by atoms with Gasteiger partial charge in [0.15, 0.2) is 5.65 Å². The second kappa shape index (κ2) is 6.72. The van der Waals surface area contributed by atoms with Gasteiger partial charge in [-0.15, -0.1) is 5.10 Å². The summed E-state index contributed by atoms with van der Waals surface area (Å²) in [4.78, 5) is 30.3. The minimum atomic E-state index is -0.577. The van der Waals surface area contributed by atoms with Crippen molar-refractivity contribution in [3.05, 3.63) is 53.9 Å². The van der Waals surface area contributed by atoms with Gasteiger partial charge in [0.2, 0.25) is 6.33 Å². The molecular formula is C20H20N5O3. The van der Waals surface area contributed by atoms with Crippen LogP contribution in [-0.2, 0) is 4.74 Å². The first-order valence-corrected chi connectivity index (χ1v) is 8.94. The van der Waals surface area contributed by atoms with Gasteiger partial charge in [0.25, 0.3) is 11.8 Å². The Labute approximate surface area is 161 Å². The Bertz CT molecular complexity index is 1060. The van der Waals surface area contributed by atoms with E-state index in [0.717, 1.165) is 11.3 Å². The molecule has 0 unspecified atom stereocenters. The van der Waals surface area contributed by atoms with Crippen LogP contribution in [0.4, 0.5) is 0 Å². The molecule has 3 aromatic rings. The number of primary amides is 1. The highest BCUT2D eigenvalue weighted by Gasteiger charge is 2.34. The molecule has 8 nitrogen and oxygen atoms in total. The molecule has 1 aliphatic heterocycles. The van der Waals surface area contributed by atoms with Gasteiger partial charge in [-0.3, -0.25) is 9.59 Å². The van der Waals surface area contributed by atoms with Gasteiger partial charge in [-0.2, -0.15) is 0 Å². The molecule has 0 aliphatic carbocycles. The summed E-state index contributed by atoms with van der Waals surface area (Å²) in [5.41, 5.74) is 7.83. The van der Waals surface area contributed by atoms with Crippen LogP contribution < -0.4 is 5.73 Å². The molecule has 4 rings (SSSR count). The number of ether oxygens (including phenoxy) is 1. The second-order valence-electron chi connectivity index (χ2n) is 7.34. The summed E-state index contributed by atoms with van der Waals surface area (Å²) in [6, 6.07) is 10.6. The van der Waals surface area contributed by atoms with Crippen LogP contribution in [0.15, 0.2) is 36.4 Å². The number of amides is 2. The quantitative estimate of drug-likeness (QED) is 0.745. The molecule has 3 heterocycles. The molecule has 1 aliphatic rings. The van der Waals surface area contributed by atoms with Crippen LogP contribution >= 0.6 is 0 Å². The number of pyridine rings is 1. The standard InChI is InChI=1S/C20H20N5O3/c1-20(2)11-28-10-9-24(20)19(27)14-5-3-13(4-6-14)16-8-7-15(17(21)26)18-22-12-23-25(16)18/h3-8H,9-11H2,1-2H3,(H2,21,26). The van der Waals surface area contributed by atoms with E-state index in [2.05, 4.69) is 16.4 Å². The molecule has 8 heteroatoms. The fourth-order valence-electron chi connectivity index (χ4n) is 3.44. The molecule has 0 saturated carbocycles. The molecular weight excluding hydrogens is 358 g/mol. The topological polar surface area (TPSA) is 103 Å². The molecule has 0 spiro atoms. The number of carbonyl (C=O) groups is 2. The van der Waals surface area contributed by atoms with Gasteiger partial charge in [0.05, 0.1) is 30.0 Å². The zero-order valence-corrected chi connectivity index (χ0v) is 15.7. The number of hydrogen-bond acceptors (Lipinski definition) is 5. The Balaban J connectivity index is 1.67. The number of rotatable bonds is 3. The lowest BCUT2D eigenvalue weighted by molar-refractivity contribution is -0.0370. The number of carbonyl (C=O) groups excluding carboxylic acids is 2. The summed E-state index contributed by atoms with van der Waals surface area (Å²) in [7, 11) is 0. The largest absolute Gasteiger partial charge is 0.377 e. The third kappa shape index (κ3) is 3.01. The van der Waals surface area contributed by atoms with Crippen LogP contribution in [0.1, 0.15) is 34.6 Å². The van der Waals surface area contributed by atoms with Crippen molar-refractivity contribution >= 4 is 17.5 Å². The van der Waals surface area contributed by atoms with Gasteiger partial charge in [0, 0.05) is 17.7 Å². The van der Waals surface area contributed by atoms with Gasteiger partial charge < -0.3 is 15.4 Å². The Morgan fingerprint density at radius 3 is 2.61 bits per heavy atom. The molecule has 28 heavy (non-hydrogen) atoms. The summed E-state index contributed by atoms with van der Waals surface area (Å²) in [6.45, 7) is 5.62. The maximum atomic E-state index is 12.9. The number of morpholine rings is 1. The van der Waals surface area contributed by atoms with E-state index in [-0.39, 0.29) is 17.0 Å². The van der Waals surface area contributed by atoms with Crippen molar-refractivity contribution in [3.8, 4) is 11.3 Å². The van der Waals surface area contributed by atoms with Gasteiger partial charge in [-0.25, -0.2) is 9.50 Å². The summed E-state index contributed by atoms with van der Waals surface area (Å²) in [6.07, 6.45) is 2.51. The second-order valence-corrected chi connectivity index (χ2v) is 7.34. The van der Waals surface area contributed by atoms with Crippen molar-refractivity contribution < 1.29 is 14.3 Å². The fourth-order valence-corrected chi connectivity index (χ4v) is 3.44. The van der Waals surface area contributed by atoms with Gasteiger partial charge in [-0.1, -0.05) is 12.1 Å². The highest BCUT2D eigenvalue weighted by molar-refractivity contribution is 5.99. The first-order chi connectivity index (χ1) is 13.4. The summed E-state index contributed by atoms with van der Waals surface area (Å²) >= 11 is 0. The fraction of sp³-hybridized carbons (Fsp3) is 0.300. The Hall–Kier alpha value is -3.26. The minimum Gasteiger partial charge on any atom is -0.377 e.